The average Bonchev–Trinajstić information content (AvgIpc) is 2.18. The Balaban J connectivity index is 2.44. The summed E-state index contributed by atoms with van der Waals surface area (Å²) < 4.78 is 0. The second kappa shape index (κ2) is 5.89. The molecule has 0 amide bonds. The van der Waals surface area contributed by atoms with Crippen molar-refractivity contribution in [3.63, 3.8) is 0 Å². The predicted octanol–water partition coefficient (Wildman–Crippen LogP) is 1.90. The number of aliphatic hydroxyl groups excluding tert-OH is 1. The van der Waals surface area contributed by atoms with Crippen molar-refractivity contribution in [2.45, 2.75) is 39.3 Å². The van der Waals surface area contributed by atoms with E-state index in [0.29, 0.717) is 12.6 Å². The minimum absolute atomic E-state index is 0.274. The van der Waals surface area contributed by atoms with Gasteiger partial charge < -0.3 is 10.4 Å². The van der Waals surface area contributed by atoms with Crippen molar-refractivity contribution < 1.29 is 5.11 Å². The van der Waals surface area contributed by atoms with Gasteiger partial charge in [0.15, 0.2) is 0 Å². The Labute approximate surface area is 92.3 Å². The van der Waals surface area contributed by atoms with Gasteiger partial charge >= 0.3 is 0 Å². The van der Waals surface area contributed by atoms with Gasteiger partial charge in [0.1, 0.15) is 0 Å². The lowest BCUT2D eigenvalue weighted by Crippen LogP contribution is -2.34. The predicted molar refractivity (Wildman–Crippen MR) is 64.0 cm³/mol. The molecular formula is C13H21NO. The molecule has 1 unspecified atom stereocenters. The van der Waals surface area contributed by atoms with Crippen molar-refractivity contribution in [1.82, 2.24) is 5.32 Å². The molecule has 0 spiro atoms. The summed E-state index contributed by atoms with van der Waals surface area (Å²) in [5, 5.41) is 12.5. The van der Waals surface area contributed by atoms with Gasteiger partial charge in [0.25, 0.3) is 0 Å². The van der Waals surface area contributed by atoms with E-state index in [2.05, 4.69) is 43.4 Å². The second-order valence-electron chi connectivity index (χ2n) is 4.29. The highest BCUT2D eigenvalue weighted by molar-refractivity contribution is 5.26. The third-order valence-corrected chi connectivity index (χ3v) is 2.55. The minimum atomic E-state index is -0.274. The van der Waals surface area contributed by atoms with Gasteiger partial charge in [-0.3, -0.25) is 0 Å². The van der Waals surface area contributed by atoms with Gasteiger partial charge in [-0.05, 0) is 38.3 Å². The Morgan fingerprint density at radius 3 is 2.53 bits per heavy atom. The Kier molecular flexibility index (Phi) is 4.79. The first kappa shape index (κ1) is 12.2. The summed E-state index contributed by atoms with van der Waals surface area (Å²) in [6.07, 6.45) is 0.740. The zero-order chi connectivity index (χ0) is 11.3. The van der Waals surface area contributed by atoms with Crippen molar-refractivity contribution in [1.29, 1.82) is 0 Å². The van der Waals surface area contributed by atoms with Crippen LogP contribution in [0.1, 0.15) is 25.0 Å². The topological polar surface area (TPSA) is 32.3 Å². The molecule has 2 heteroatoms. The lowest BCUT2D eigenvalue weighted by Gasteiger charge is -2.16. The zero-order valence-corrected chi connectivity index (χ0v) is 9.83. The summed E-state index contributed by atoms with van der Waals surface area (Å²) in [5.41, 5.74) is 2.71. The van der Waals surface area contributed by atoms with Gasteiger partial charge in [0, 0.05) is 12.6 Å². The molecule has 0 saturated carbocycles. The summed E-state index contributed by atoms with van der Waals surface area (Å²) >= 11 is 0. The fraction of sp³-hybridized carbons (Fsp3) is 0.538. The van der Waals surface area contributed by atoms with Crippen LogP contribution in [-0.4, -0.2) is 23.8 Å². The standard InChI is InChI=1S/C13H21NO/c1-10-6-4-5-7-13(10)8-11(2)14-9-12(3)15/h4-7,11-12,14-15H,8-9H2,1-3H3/t11?,12-/m1/s1. The minimum Gasteiger partial charge on any atom is -0.392 e. The molecule has 0 fully saturated rings. The van der Waals surface area contributed by atoms with Gasteiger partial charge in [-0.1, -0.05) is 24.3 Å². The molecule has 0 aromatic heterocycles. The molecule has 84 valence electrons. The number of hydrogen-bond donors (Lipinski definition) is 2. The second-order valence-corrected chi connectivity index (χ2v) is 4.29. The van der Waals surface area contributed by atoms with Crippen LogP contribution in [0, 0.1) is 6.92 Å². The van der Waals surface area contributed by atoms with Gasteiger partial charge in [-0.2, -0.15) is 0 Å². The number of aliphatic hydroxyl groups is 1. The first-order valence-electron chi connectivity index (χ1n) is 5.55. The van der Waals surface area contributed by atoms with Gasteiger partial charge in [-0.15, -0.1) is 0 Å². The van der Waals surface area contributed by atoms with E-state index < -0.39 is 0 Å². The molecule has 0 radical (unpaired) electrons. The molecule has 0 saturated heterocycles. The van der Waals surface area contributed by atoms with Crippen LogP contribution in [0.25, 0.3) is 0 Å². The molecule has 0 aliphatic carbocycles. The van der Waals surface area contributed by atoms with Crippen molar-refractivity contribution in [2.75, 3.05) is 6.54 Å². The van der Waals surface area contributed by atoms with E-state index in [9.17, 15) is 0 Å². The monoisotopic (exact) mass is 207 g/mol. The SMILES string of the molecule is Cc1ccccc1CC(C)NC[C@@H](C)O. The summed E-state index contributed by atoms with van der Waals surface area (Å²) in [4.78, 5) is 0. The molecule has 1 aromatic carbocycles. The molecule has 0 bridgehead atoms. The van der Waals surface area contributed by atoms with Crippen LogP contribution in [0.5, 0.6) is 0 Å². The van der Waals surface area contributed by atoms with E-state index in [1.807, 2.05) is 0 Å². The molecule has 1 rings (SSSR count). The lowest BCUT2D eigenvalue weighted by molar-refractivity contribution is 0.187. The number of benzene rings is 1. The van der Waals surface area contributed by atoms with Crippen LogP contribution in [0.3, 0.4) is 0 Å². The quantitative estimate of drug-likeness (QED) is 0.773. The van der Waals surface area contributed by atoms with Gasteiger partial charge in [-0.25, -0.2) is 0 Å². The molecule has 0 heterocycles. The normalized spacial score (nSPS) is 14.9. The van der Waals surface area contributed by atoms with Crippen LogP contribution in [0.2, 0.25) is 0 Å². The molecule has 15 heavy (non-hydrogen) atoms. The number of aryl methyl sites for hydroxylation is 1. The van der Waals surface area contributed by atoms with Crippen molar-refractivity contribution in [3.8, 4) is 0 Å². The molecular weight excluding hydrogens is 186 g/mol. The molecule has 2 atom stereocenters. The molecule has 0 aliphatic heterocycles. The maximum absolute atomic E-state index is 9.16. The molecule has 2 N–H and O–H groups in total. The van der Waals surface area contributed by atoms with E-state index >= 15 is 0 Å². The fourth-order valence-corrected chi connectivity index (χ4v) is 1.61. The first-order valence-corrected chi connectivity index (χ1v) is 5.55. The number of hydrogen-bond acceptors (Lipinski definition) is 2. The highest BCUT2D eigenvalue weighted by Crippen LogP contribution is 2.09. The van der Waals surface area contributed by atoms with Crippen molar-refractivity contribution >= 4 is 0 Å². The van der Waals surface area contributed by atoms with E-state index in [0.717, 1.165) is 6.42 Å². The number of nitrogens with one attached hydrogen (secondary N) is 1. The summed E-state index contributed by atoms with van der Waals surface area (Å²) in [5.74, 6) is 0. The third kappa shape index (κ3) is 4.45. The van der Waals surface area contributed by atoms with Gasteiger partial charge in [0.2, 0.25) is 0 Å². The Morgan fingerprint density at radius 1 is 1.27 bits per heavy atom. The lowest BCUT2D eigenvalue weighted by atomic mass is 10.0. The Morgan fingerprint density at radius 2 is 1.93 bits per heavy atom. The maximum atomic E-state index is 9.16. The Hall–Kier alpha value is -0.860. The van der Waals surface area contributed by atoms with Crippen LogP contribution >= 0.6 is 0 Å². The molecule has 2 nitrogen and oxygen atoms in total. The van der Waals surface area contributed by atoms with Crippen LogP contribution in [-0.2, 0) is 6.42 Å². The van der Waals surface area contributed by atoms with Crippen LogP contribution < -0.4 is 5.32 Å². The largest absolute Gasteiger partial charge is 0.392 e. The van der Waals surface area contributed by atoms with E-state index in [1.165, 1.54) is 11.1 Å². The summed E-state index contributed by atoms with van der Waals surface area (Å²) in [6, 6.07) is 8.84. The highest BCUT2D eigenvalue weighted by Gasteiger charge is 2.05. The van der Waals surface area contributed by atoms with E-state index in [1.54, 1.807) is 6.92 Å². The fourth-order valence-electron chi connectivity index (χ4n) is 1.61. The van der Waals surface area contributed by atoms with Gasteiger partial charge in [0.05, 0.1) is 6.10 Å². The Bertz CT molecular complexity index is 296. The average molecular weight is 207 g/mol. The highest BCUT2D eigenvalue weighted by atomic mass is 16.3. The third-order valence-electron chi connectivity index (χ3n) is 2.55. The molecule has 0 aliphatic rings. The summed E-state index contributed by atoms with van der Waals surface area (Å²) in [7, 11) is 0. The smallest absolute Gasteiger partial charge is 0.0636 e. The molecule has 1 aromatic rings. The number of rotatable bonds is 5. The van der Waals surface area contributed by atoms with Crippen molar-refractivity contribution in [2.24, 2.45) is 0 Å². The van der Waals surface area contributed by atoms with Crippen molar-refractivity contribution in [3.05, 3.63) is 35.4 Å². The first-order chi connectivity index (χ1) is 7.09. The van der Waals surface area contributed by atoms with Crippen LogP contribution in [0.15, 0.2) is 24.3 Å². The summed E-state index contributed by atoms with van der Waals surface area (Å²) in [6.45, 7) is 6.74. The zero-order valence-electron chi connectivity index (χ0n) is 9.83. The van der Waals surface area contributed by atoms with E-state index in [4.69, 9.17) is 5.11 Å². The van der Waals surface area contributed by atoms with Crippen LogP contribution in [0.4, 0.5) is 0 Å². The van der Waals surface area contributed by atoms with E-state index in [-0.39, 0.29) is 6.10 Å². The maximum Gasteiger partial charge on any atom is 0.0636 e.